The van der Waals surface area contributed by atoms with Crippen LogP contribution in [-0.2, 0) is 10.3 Å². The van der Waals surface area contributed by atoms with E-state index in [1.807, 2.05) is 0 Å². The molecule has 3 nitrogen and oxygen atoms in total. The predicted octanol–water partition coefficient (Wildman–Crippen LogP) is 3.65. The molecule has 1 aliphatic carbocycles. The maximum atomic E-state index is 14.2. The molecule has 1 fully saturated rings. The maximum absolute atomic E-state index is 14.2. The molecule has 2 aromatic rings. The Morgan fingerprint density at radius 2 is 1.75 bits per heavy atom. The summed E-state index contributed by atoms with van der Waals surface area (Å²) in [5, 5.41) is 9.08. The van der Waals surface area contributed by atoms with Crippen molar-refractivity contribution in [3.8, 4) is 11.1 Å². The fraction of sp³-hybridized carbons (Fsp3) is 0.278. The molecule has 6 heteroatoms. The highest BCUT2D eigenvalue weighted by Gasteiger charge is 2.58. The Bertz CT molecular complexity index is 843. The van der Waals surface area contributed by atoms with Gasteiger partial charge in [0.1, 0.15) is 5.82 Å². The van der Waals surface area contributed by atoms with E-state index < -0.39 is 34.9 Å². The summed E-state index contributed by atoms with van der Waals surface area (Å²) >= 11 is 0. The second-order valence-corrected chi connectivity index (χ2v) is 6.37. The average Bonchev–Trinajstić information content (AvgIpc) is 3.15. The van der Waals surface area contributed by atoms with Crippen molar-refractivity contribution in [1.82, 2.24) is 0 Å². The molecule has 0 aliphatic heterocycles. The van der Waals surface area contributed by atoms with Gasteiger partial charge in [-0.3, -0.25) is 4.79 Å². The largest absolute Gasteiger partial charge is 0.481 e. The Morgan fingerprint density at radius 3 is 2.25 bits per heavy atom. The van der Waals surface area contributed by atoms with Crippen LogP contribution in [-0.4, -0.2) is 11.1 Å². The molecular formula is C18H16F3NO2. The Morgan fingerprint density at radius 1 is 1.17 bits per heavy atom. The van der Waals surface area contributed by atoms with Gasteiger partial charge in [-0.1, -0.05) is 0 Å². The summed E-state index contributed by atoms with van der Waals surface area (Å²) in [6.07, 6.45) is 0.0452. The van der Waals surface area contributed by atoms with E-state index in [2.05, 4.69) is 0 Å². The Balaban J connectivity index is 2.18. The Hall–Kier alpha value is -2.34. The number of carboxylic acid groups (broad SMARTS) is 1. The summed E-state index contributed by atoms with van der Waals surface area (Å²) in [6.45, 7) is 3.34. The SMILES string of the molecule is Cc1cc(F)cc(C)c1-c1cc(F)c(F)c(C2(N)C[C@@H]2C(=O)O)c1. The van der Waals surface area contributed by atoms with Gasteiger partial charge < -0.3 is 10.8 Å². The van der Waals surface area contributed by atoms with Crippen molar-refractivity contribution in [3.63, 3.8) is 0 Å². The van der Waals surface area contributed by atoms with Crippen molar-refractivity contribution in [3.05, 3.63) is 58.4 Å². The minimum Gasteiger partial charge on any atom is -0.481 e. The summed E-state index contributed by atoms with van der Waals surface area (Å²) in [5.74, 6) is -4.75. The number of carbonyl (C=O) groups is 1. The van der Waals surface area contributed by atoms with Crippen molar-refractivity contribution < 1.29 is 23.1 Å². The molecule has 2 atom stereocenters. The van der Waals surface area contributed by atoms with Gasteiger partial charge in [-0.2, -0.15) is 0 Å². The summed E-state index contributed by atoms with van der Waals surface area (Å²) in [4.78, 5) is 11.1. The summed E-state index contributed by atoms with van der Waals surface area (Å²) in [5.41, 5.74) is 6.47. The van der Waals surface area contributed by atoms with Crippen LogP contribution in [0.2, 0.25) is 0 Å². The molecule has 0 spiro atoms. The molecule has 1 saturated carbocycles. The molecule has 3 N–H and O–H groups in total. The molecule has 1 aliphatic rings. The molecule has 1 unspecified atom stereocenters. The van der Waals surface area contributed by atoms with Crippen molar-refractivity contribution in [1.29, 1.82) is 0 Å². The molecule has 0 radical (unpaired) electrons. The van der Waals surface area contributed by atoms with Gasteiger partial charge in [0.25, 0.3) is 0 Å². The standard InChI is InChI=1S/C18H16F3NO2/c1-8-3-11(19)4-9(2)15(8)10-5-12(16(21)14(20)6-10)18(22)7-13(18)17(23)24/h3-6,13H,7,22H2,1-2H3,(H,23,24)/t13-,18?/m1/s1. The molecule has 126 valence electrons. The number of aryl methyl sites for hydroxylation is 2. The quantitative estimate of drug-likeness (QED) is 0.900. The molecule has 0 aromatic heterocycles. The first kappa shape index (κ1) is 16.5. The van der Waals surface area contributed by atoms with Crippen LogP contribution >= 0.6 is 0 Å². The lowest BCUT2D eigenvalue weighted by molar-refractivity contribution is -0.139. The van der Waals surface area contributed by atoms with Crippen LogP contribution in [0, 0.1) is 37.2 Å². The van der Waals surface area contributed by atoms with E-state index in [-0.39, 0.29) is 12.0 Å². The second kappa shape index (κ2) is 5.34. The third kappa shape index (κ3) is 2.47. The summed E-state index contributed by atoms with van der Waals surface area (Å²) in [6, 6.07) is 5.00. The fourth-order valence-corrected chi connectivity index (χ4v) is 3.32. The third-order valence-electron chi connectivity index (χ3n) is 4.62. The topological polar surface area (TPSA) is 63.3 Å². The zero-order chi connectivity index (χ0) is 17.8. The highest BCUT2D eigenvalue weighted by atomic mass is 19.2. The van der Waals surface area contributed by atoms with Crippen LogP contribution in [0.5, 0.6) is 0 Å². The predicted molar refractivity (Wildman–Crippen MR) is 82.8 cm³/mol. The number of aliphatic carboxylic acids is 1. The van der Waals surface area contributed by atoms with Crippen molar-refractivity contribution in [2.45, 2.75) is 25.8 Å². The number of benzene rings is 2. The first-order valence-electron chi connectivity index (χ1n) is 7.43. The number of carboxylic acids is 1. The van der Waals surface area contributed by atoms with E-state index >= 15 is 0 Å². The molecular weight excluding hydrogens is 319 g/mol. The van der Waals surface area contributed by atoms with Gasteiger partial charge >= 0.3 is 5.97 Å². The zero-order valence-electron chi connectivity index (χ0n) is 13.2. The molecule has 3 rings (SSSR count). The summed E-state index contributed by atoms with van der Waals surface area (Å²) in [7, 11) is 0. The fourth-order valence-electron chi connectivity index (χ4n) is 3.32. The monoisotopic (exact) mass is 335 g/mol. The van der Waals surface area contributed by atoms with Gasteiger partial charge in [0.05, 0.1) is 11.5 Å². The first-order chi connectivity index (χ1) is 11.1. The molecule has 0 amide bonds. The van der Waals surface area contributed by atoms with Crippen molar-refractivity contribution >= 4 is 5.97 Å². The minimum atomic E-state index is -1.42. The number of hydrogen-bond acceptors (Lipinski definition) is 2. The normalized spacial score (nSPS) is 22.5. The van der Waals surface area contributed by atoms with Gasteiger partial charge in [0.2, 0.25) is 0 Å². The smallest absolute Gasteiger partial charge is 0.308 e. The van der Waals surface area contributed by atoms with Gasteiger partial charge in [0.15, 0.2) is 11.6 Å². The minimum absolute atomic E-state index is 0.0452. The van der Waals surface area contributed by atoms with E-state index in [9.17, 15) is 18.0 Å². The highest BCUT2D eigenvalue weighted by Crippen LogP contribution is 2.51. The van der Waals surface area contributed by atoms with Crippen LogP contribution in [0.15, 0.2) is 24.3 Å². The van der Waals surface area contributed by atoms with E-state index in [1.54, 1.807) is 13.8 Å². The number of nitrogens with two attached hydrogens (primary N) is 1. The van der Waals surface area contributed by atoms with Crippen LogP contribution in [0.3, 0.4) is 0 Å². The lowest BCUT2D eigenvalue weighted by Gasteiger charge is -2.17. The highest BCUT2D eigenvalue weighted by molar-refractivity contribution is 5.78. The van der Waals surface area contributed by atoms with Gasteiger partial charge in [-0.25, -0.2) is 13.2 Å². The van der Waals surface area contributed by atoms with Crippen LogP contribution in [0.25, 0.3) is 11.1 Å². The van der Waals surface area contributed by atoms with E-state index in [0.717, 1.165) is 6.07 Å². The summed E-state index contributed by atoms with van der Waals surface area (Å²) < 4.78 is 41.8. The second-order valence-electron chi connectivity index (χ2n) is 6.37. The van der Waals surface area contributed by atoms with Gasteiger partial charge in [-0.15, -0.1) is 0 Å². The number of rotatable bonds is 3. The van der Waals surface area contributed by atoms with Crippen LogP contribution in [0.1, 0.15) is 23.1 Å². The van der Waals surface area contributed by atoms with Crippen LogP contribution in [0.4, 0.5) is 13.2 Å². The number of hydrogen-bond donors (Lipinski definition) is 2. The molecule has 24 heavy (non-hydrogen) atoms. The van der Waals surface area contributed by atoms with Crippen molar-refractivity contribution in [2.75, 3.05) is 0 Å². The van der Waals surface area contributed by atoms with Gasteiger partial charge in [0, 0.05) is 5.56 Å². The molecule has 0 saturated heterocycles. The first-order valence-corrected chi connectivity index (χ1v) is 7.43. The average molecular weight is 335 g/mol. The van der Waals surface area contributed by atoms with E-state index in [4.69, 9.17) is 10.8 Å². The van der Waals surface area contributed by atoms with E-state index in [0.29, 0.717) is 22.3 Å². The number of halogens is 3. The Labute approximate surface area is 136 Å². The lowest BCUT2D eigenvalue weighted by atomic mass is 9.91. The third-order valence-corrected chi connectivity index (χ3v) is 4.62. The van der Waals surface area contributed by atoms with Crippen LogP contribution < -0.4 is 5.73 Å². The van der Waals surface area contributed by atoms with Crippen molar-refractivity contribution in [2.24, 2.45) is 11.7 Å². The van der Waals surface area contributed by atoms with E-state index in [1.165, 1.54) is 18.2 Å². The molecule has 0 heterocycles. The van der Waals surface area contributed by atoms with Gasteiger partial charge in [-0.05, 0) is 66.8 Å². The maximum Gasteiger partial charge on any atom is 0.308 e. The zero-order valence-corrected chi connectivity index (χ0v) is 13.2. The Kier molecular flexibility index (Phi) is 3.68. The molecule has 2 aromatic carbocycles. The molecule has 0 bridgehead atoms. The lowest BCUT2D eigenvalue weighted by Crippen LogP contribution is -2.27.